The van der Waals surface area contributed by atoms with E-state index in [1.165, 1.54) is 18.2 Å². The SMILES string of the molecule is CC(CC(=O)N1CC[C@@H]2CNC[C@@H]21)C(=O)c1cccc(F)c1.Cl. The average Bonchev–Trinajstić information content (AvgIpc) is 3.08. The minimum absolute atomic E-state index is 0. The van der Waals surface area contributed by atoms with Gasteiger partial charge in [0.2, 0.25) is 5.91 Å². The lowest BCUT2D eigenvalue weighted by atomic mass is 9.95. The smallest absolute Gasteiger partial charge is 0.223 e. The lowest BCUT2D eigenvalue weighted by Crippen LogP contribution is -2.40. The Bertz CT molecular complexity index is 596. The summed E-state index contributed by atoms with van der Waals surface area (Å²) < 4.78 is 13.2. The van der Waals surface area contributed by atoms with Gasteiger partial charge in [0, 0.05) is 43.6 Å². The number of rotatable bonds is 4. The standard InChI is InChI=1S/C17H21FN2O2.ClH/c1-11(17(22)12-3-2-4-14(18)8-12)7-16(21)20-6-5-13-9-19-10-15(13)20;/h2-4,8,11,13,15,19H,5-7,9-10H2,1H3;1H/t11?,13-,15+;/m1./s1. The zero-order valence-corrected chi connectivity index (χ0v) is 13.9. The van der Waals surface area contributed by atoms with E-state index in [4.69, 9.17) is 0 Å². The molecule has 1 unspecified atom stereocenters. The Balaban J connectivity index is 0.00000192. The number of amides is 1. The number of hydrogen-bond acceptors (Lipinski definition) is 3. The Morgan fingerprint density at radius 1 is 1.39 bits per heavy atom. The number of carbonyl (C=O) groups is 2. The van der Waals surface area contributed by atoms with Gasteiger partial charge in [-0.1, -0.05) is 19.1 Å². The first kappa shape index (κ1) is 17.9. The predicted octanol–water partition coefficient (Wildman–Crippen LogP) is 2.28. The van der Waals surface area contributed by atoms with Crippen LogP contribution in [0.1, 0.15) is 30.1 Å². The van der Waals surface area contributed by atoms with Crippen LogP contribution in [-0.2, 0) is 4.79 Å². The van der Waals surface area contributed by atoms with Gasteiger partial charge in [0.05, 0.1) is 0 Å². The van der Waals surface area contributed by atoms with Gasteiger partial charge in [-0.25, -0.2) is 4.39 Å². The Morgan fingerprint density at radius 3 is 2.91 bits per heavy atom. The summed E-state index contributed by atoms with van der Waals surface area (Å²) in [6.45, 7) is 4.36. The second-order valence-electron chi connectivity index (χ2n) is 6.34. The number of hydrogen-bond donors (Lipinski definition) is 1. The molecule has 4 nitrogen and oxygen atoms in total. The predicted molar refractivity (Wildman–Crippen MR) is 88.2 cm³/mol. The highest BCUT2D eigenvalue weighted by Crippen LogP contribution is 2.28. The van der Waals surface area contributed by atoms with Gasteiger partial charge >= 0.3 is 0 Å². The normalized spacial score (nSPS) is 24.0. The largest absolute Gasteiger partial charge is 0.338 e. The van der Waals surface area contributed by atoms with Crippen LogP contribution in [0.25, 0.3) is 0 Å². The topological polar surface area (TPSA) is 49.4 Å². The van der Waals surface area contributed by atoms with Gasteiger partial charge in [-0.2, -0.15) is 0 Å². The summed E-state index contributed by atoms with van der Waals surface area (Å²) in [5.74, 6) is -0.439. The van der Waals surface area contributed by atoms with Crippen LogP contribution in [0.5, 0.6) is 0 Å². The molecule has 3 rings (SSSR count). The summed E-state index contributed by atoms with van der Waals surface area (Å²) >= 11 is 0. The minimum atomic E-state index is -0.428. The van der Waals surface area contributed by atoms with Gasteiger partial charge in [-0.15, -0.1) is 12.4 Å². The fourth-order valence-electron chi connectivity index (χ4n) is 3.56. The molecule has 1 aromatic rings. The number of halogens is 2. The first-order chi connectivity index (χ1) is 10.6. The van der Waals surface area contributed by atoms with Crippen molar-refractivity contribution in [1.82, 2.24) is 10.2 Å². The third-order valence-corrected chi connectivity index (χ3v) is 4.80. The number of nitrogens with zero attached hydrogens (tertiary/aromatic N) is 1. The maximum Gasteiger partial charge on any atom is 0.223 e. The molecule has 0 saturated carbocycles. The van der Waals surface area contributed by atoms with Gasteiger partial charge in [-0.3, -0.25) is 9.59 Å². The molecule has 1 aromatic carbocycles. The highest BCUT2D eigenvalue weighted by atomic mass is 35.5. The molecule has 126 valence electrons. The number of Topliss-reactive ketones (excluding diaryl/α,β-unsaturated/α-hetero) is 1. The van der Waals surface area contributed by atoms with E-state index in [0.29, 0.717) is 11.5 Å². The molecule has 23 heavy (non-hydrogen) atoms. The molecule has 3 atom stereocenters. The third-order valence-electron chi connectivity index (χ3n) is 4.80. The van der Waals surface area contributed by atoms with Gasteiger partial charge in [0.25, 0.3) is 0 Å². The van der Waals surface area contributed by atoms with Crippen molar-refractivity contribution in [3.63, 3.8) is 0 Å². The van der Waals surface area contributed by atoms with Crippen molar-refractivity contribution in [1.29, 1.82) is 0 Å². The van der Waals surface area contributed by atoms with Crippen molar-refractivity contribution in [2.75, 3.05) is 19.6 Å². The van der Waals surface area contributed by atoms with E-state index in [1.807, 2.05) is 4.90 Å². The number of nitrogens with one attached hydrogen (secondary N) is 1. The van der Waals surface area contributed by atoms with E-state index in [2.05, 4.69) is 5.32 Å². The molecule has 2 fully saturated rings. The summed E-state index contributed by atoms with van der Waals surface area (Å²) in [6.07, 6.45) is 1.23. The monoisotopic (exact) mass is 340 g/mol. The highest BCUT2D eigenvalue weighted by molar-refractivity contribution is 5.99. The van der Waals surface area contributed by atoms with E-state index in [9.17, 15) is 14.0 Å². The summed E-state index contributed by atoms with van der Waals surface area (Å²) in [5, 5.41) is 3.31. The minimum Gasteiger partial charge on any atom is -0.338 e. The molecule has 1 N–H and O–H groups in total. The maximum absolute atomic E-state index is 13.2. The van der Waals surface area contributed by atoms with Crippen molar-refractivity contribution < 1.29 is 14.0 Å². The number of benzene rings is 1. The molecule has 6 heteroatoms. The van der Waals surface area contributed by atoms with Crippen molar-refractivity contribution in [3.8, 4) is 0 Å². The van der Waals surface area contributed by atoms with Gasteiger partial charge < -0.3 is 10.2 Å². The van der Waals surface area contributed by atoms with Crippen molar-refractivity contribution >= 4 is 24.1 Å². The van der Waals surface area contributed by atoms with Crippen LogP contribution in [0.4, 0.5) is 4.39 Å². The second kappa shape index (κ2) is 7.41. The molecule has 2 saturated heterocycles. The number of ketones is 1. The Hall–Kier alpha value is -1.46. The number of fused-ring (bicyclic) bond motifs is 1. The van der Waals surface area contributed by atoms with Crippen molar-refractivity contribution in [2.24, 2.45) is 11.8 Å². The van der Waals surface area contributed by atoms with E-state index in [1.54, 1.807) is 13.0 Å². The van der Waals surface area contributed by atoms with Crippen molar-refractivity contribution in [2.45, 2.75) is 25.8 Å². The van der Waals surface area contributed by atoms with Crippen LogP contribution in [0, 0.1) is 17.7 Å². The summed E-state index contributed by atoms with van der Waals surface area (Å²) in [4.78, 5) is 26.7. The Kier molecular flexibility index (Phi) is 5.76. The molecule has 0 spiro atoms. The van der Waals surface area contributed by atoms with Gasteiger partial charge in [0.1, 0.15) is 5.82 Å². The molecule has 2 heterocycles. The van der Waals surface area contributed by atoms with Gasteiger partial charge in [-0.05, 0) is 24.5 Å². The van der Waals surface area contributed by atoms with E-state index < -0.39 is 11.7 Å². The summed E-state index contributed by atoms with van der Waals surface area (Å²) in [6, 6.07) is 5.94. The average molecular weight is 341 g/mol. The molecular formula is C17H22ClFN2O2. The van der Waals surface area contributed by atoms with Crippen molar-refractivity contribution in [3.05, 3.63) is 35.6 Å². The summed E-state index contributed by atoms with van der Waals surface area (Å²) in [5.41, 5.74) is 0.335. The molecule has 2 aliphatic heterocycles. The fraction of sp³-hybridized carbons (Fsp3) is 0.529. The molecule has 2 aliphatic rings. The first-order valence-corrected chi connectivity index (χ1v) is 7.86. The third kappa shape index (κ3) is 3.72. The van der Waals surface area contributed by atoms with Crippen LogP contribution in [0.3, 0.4) is 0 Å². The zero-order valence-electron chi connectivity index (χ0n) is 13.1. The molecule has 0 radical (unpaired) electrons. The van der Waals surface area contributed by atoms with E-state index >= 15 is 0 Å². The zero-order chi connectivity index (χ0) is 15.7. The first-order valence-electron chi connectivity index (χ1n) is 7.86. The van der Waals surface area contributed by atoms with Crippen LogP contribution < -0.4 is 5.32 Å². The lowest BCUT2D eigenvalue weighted by Gasteiger charge is -2.24. The van der Waals surface area contributed by atoms with Crippen LogP contribution in [-0.4, -0.2) is 42.3 Å². The lowest BCUT2D eigenvalue weighted by molar-refractivity contribution is -0.132. The molecular weight excluding hydrogens is 319 g/mol. The summed E-state index contributed by atoms with van der Waals surface area (Å²) in [7, 11) is 0. The maximum atomic E-state index is 13.2. The van der Waals surface area contributed by atoms with Crippen LogP contribution in [0.15, 0.2) is 24.3 Å². The Morgan fingerprint density at radius 2 is 2.17 bits per heavy atom. The van der Waals surface area contributed by atoms with Gasteiger partial charge in [0.15, 0.2) is 5.78 Å². The van der Waals surface area contributed by atoms with E-state index in [0.717, 1.165) is 26.1 Å². The quantitative estimate of drug-likeness (QED) is 0.855. The highest BCUT2D eigenvalue weighted by Gasteiger charge is 2.40. The Labute approximate surface area is 141 Å². The molecule has 0 aliphatic carbocycles. The van der Waals surface area contributed by atoms with E-state index in [-0.39, 0.29) is 36.6 Å². The molecule has 1 amide bonds. The second-order valence-corrected chi connectivity index (χ2v) is 6.34. The van der Waals surface area contributed by atoms with Crippen LogP contribution in [0.2, 0.25) is 0 Å². The fourth-order valence-corrected chi connectivity index (χ4v) is 3.56. The number of carbonyl (C=O) groups excluding carboxylic acids is 2. The van der Waals surface area contributed by atoms with Crippen LogP contribution >= 0.6 is 12.4 Å². The number of likely N-dealkylation sites (tertiary alicyclic amines) is 1. The molecule has 0 aromatic heterocycles. The molecule has 0 bridgehead atoms.